The van der Waals surface area contributed by atoms with Gasteiger partial charge in [-0.2, -0.15) is 26.3 Å². The lowest BCUT2D eigenvalue weighted by molar-refractivity contribution is -0.139. The molecule has 14 rings (SSSR count). The largest absolute Gasteiger partial charge is 0.416 e. The van der Waals surface area contributed by atoms with Crippen molar-refractivity contribution in [1.29, 1.82) is 0 Å². The van der Waals surface area contributed by atoms with E-state index in [0.717, 1.165) is 89.3 Å². The molecule has 22 nitrogen and oxygen atoms in total. The molecule has 0 radical (unpaired) electrons. The molecule has 0 atom stereocenters. The van der Waals surface area contributed by atoms with Crippen LogP contribution in [0.4, 0.5) is 60.9 Å². The number of carbonyl (C=O) groups is 3. The van der Waals surface area contributed by atoms with Crippen molar-refractivity contribution in [2.24, 2.45) is 7.05 Å². The number of nitrogen functional groups attached to an aromatic ring is 3. The monoisotopic (exact) mass is 1550 g/mol. The van der Waals surface area contributed by atoms with Crippen LogP contribution in [0.1, 0.15) is 123 Å². The third kappa shape index (κ3) is 19.2. The molecule has 114 heavy (non-hydrogen) atoms. The summed E-state index contributed by atoms with van der Waals surface area (Å²) in [4.78, 5) is 72.1. The molecular weight excluding hydrogens is 1460 g/mol. The van der Waals surface area contributed by atoms with Gasteiger partial charge in [-0.1, -0.05) is 83.6 Å². The van der Waals surface area contributed by atoms with Gasteiger partial charge in [0.05, 0.1) is 44.0 Å². The summed E-state index contributed by atoms with van der Waals surface area (Å²) in [7, 11) is 5.82. The average Bonchev–Trinajstić information content (AvgIpc) is 1.47. The van der Waals surface area contributed by atoms with E-state index in [1.807, 2.05) is 141 Å². The van der Waals surface area contributed by atoms with Gasteiger partial charge in [0.1, 0.15) is 53.4 Å². The fourth-order valence-corrected chi connectivity index (χ4v) is 13.3. The number of nitrogens with one attached hydrogen (secondary N) is 3. The molecule has 2 saturated heterocycles. The van der Waals surface area contributed by atoms with Gasteiger partial charge in [0.25, 0.3) is 17.7 Å². The van der Waals surface area contributed by atoms with Crippen LogP contribution in [0.25, 0.3) is 33.1 Å². The molecule has 9 N–H and O–H groups in total. The first-order valence-electron chi connectivity index (χ1n) is 36.8. The number of carbonyl (C=O) groups excluding carboxylic acids is 3. The minimum atomic E-state index is -4.58. The molecule has 584 valence electrons. The van der Waals surface area contributed by atoms with Gasteiger partial charge in [-0.05, 0) is 156 Å². The van der Waals surface area contributed by atoms with Crippen molar-refractivity contribution in [1.82, 2.24) is 63.2 Å². The molecular formula is C86H85F6N19O3. The smallest absolute Gasteiger partial charge is 0.383 e. The fraction of sp³-hybridized carbons (Fsp3) is 0.267. The maximum atomic E-state index is 14.0. The van der Waals surface area contributed by atoms with E-state index < -0.39 is 35.3 Å². The zero-order chi connectivity index (χ0) is 81.3. The summed E-state index contributed by atoms with van der Waals surface area (Å²) in [5.41, 5.74) is 29.2. The summed E-state index contributed by atoms with van der Waals surface area (Å²) in [6.45, 7) is 19.5. The number of aromatic nitrogens is 9. The van der Waals surface area contributed by atoms with Gasteiger partial charge >= 0.3 is 12.4 Å². The second kappa shape index (κ2) is 34.8. The number of amides is 3. The number of halogens is 6. The SMILES string of the molecule is CCn1cc(C#Cc2cc(NC(=O)c3ccc(CN4CCN(C)CC4)c(C(F)(F)F)c3)ccc2C)c2c(N)ncnc21.CCn1cc(C#Cc2cc(NC(=O)c3cccc(C)c3)ccc2C)c2c(N)ncnc21.Cc1ccc(NC(=O)c2ccc(CN3CCN(C)CC3)c(C(F)(F)F)c2)cc1C#Cc1cn(C)c2ncnc(N)c12. The van der Waals surface area contributed by atoms with Crippen molar-refractivity contribution in [3.8, 4) is 35.5 Å². The molecule has 0 bridgehead atoms. The van der Waals surface area contributed by atoms with Crippen LogP contribution < -0.4 is 33.2 Å². The van der Waals surface area contributed by atoms with E-state index in [0.29, 0.717) is 117 Å². The van der Waals surface area contributed by atoms with Crippen LogP contribution in [-0.2, 0) is 45.6 Å². The number of fused-ring (bicyclic) bond motifs is 3. The minimum Gasteiger partial charge on any atom is -0.383 e. The van der Waals surface area contributed by atoms with Crippen molar-refractivity contribution >= 4 is 85.3 Å². The van der Waals surface area contributed by atoms with E-state index in [-0.39, 0.29) is 41.3 Å². The first-order chi connectivity index (χ1) is 54.5. The fourth-order valence-electron chi connectivity index (χ4n) is 13.3. The number of nitrogens with zero attached hydrogens (tertiary/aromatic N) is 13. The molecule has 6 aromatic heterocycles. The Hall–Kier alpha value is -12.9. The third-order valence-electron chi connectivity index (χ3n) is 19.9. The number of hydrogen-bond acceptors (Lipinski definition) is 16. The number of benzene rings is 6. The Morgan fingerprint density at radius 1 is 0.412 bits per heavy atom. The molecule has 6 aromatic carbocycles. The molecule has 2 aliphatic rings. The number of aryl methyl sites for hydroxylation is 7. The molecule has 0 unspecified atom stereocenters. The number of hydrogen-bond donors (Lipinski definition) is 6. The first kappa shape index (κ1) is 80.6. The van der Waals surface area contributed by atoms with E-state index in [9.17, 15) is 40.7 Å². The molecule has 2 fully saturated rings. The quantitative estimate of drug-likeness (QED) is 0.0490. The first-order valence-corrected chi connectivity index (χ1v) is 36.8. The van der Waals surface area contributed by atoms with Crippen LogP contribution in [0, 0.1) is 63.2 Å². The predicted molar refractivity (Wildman–Crippen MR) is 433 cm³/mol. The third-order valence-corrected chi connectivity index (χ3v) is 19.9. The van der Waals surface area contributed by atoms with E-state index in [1.165, 1.54) is 43.2 Å². The average molecular weight is 1550 g/mol. The van der Waals surface area contributed by atoms with Crippen molar-refractivity contribution in [2.45, 2.75) is 80.1 Å². The molecule has 0 spiro atoms. The van der Waals surface area contributed by atoms with E-state index in [1.54, 1.807) is 42.5 Å². The van der Waals surface area contributed by atoms with Gasteiger partial charge in [-0.3, -0.25) is 24.2 Å². The zero-order valence-corrected chi connectivity index (χ0v) is 64.5. The van der Waals surface area contributed by atoms with E-state index >= 15 is 0 Å². The van der Waals surface area contributed by atoms with Crippen molar-refractivity contribution in [3.63, 3.8) is 0 Å². The van der Waals surface area contributed by atoms with Gasteiger partial charge in [0, 0.05) is 155 Å². The number of alkyl halides is 6. The molecule has 8 heterocycles. The van der Waals surface area contributed by atoms with Gasteiger partial charge in [-0.25, -0.2) is 29.9 Å². The number of anilines is 6. The zero-order valence-electron chi connectivity index (χ0n) is 64.5. The van der Waals surface area contributed by atoms with Gasteiger partial charge in [0.2, 0.25) is 0 Å². The van der Waals surface area contributed by atoms with Crippen LogP contribution in [0.15, 0.2) is 153 Å². The van der Waals surface area contributed by atoms with Crippen LogP contribution in [0.2, 0.25) is 0 Å². The van der Waals surface area contributed by atoms with Crippen LogP contribution in [0.3, 0.4) is 0 Å². The predicted octanol–water partition coefficient (Wildman–Crippen LogP) is 13.3. The summed E-state index contributed by atoms with van der Waals surface area (Å²) >= 11 is 0. The van der Waals surface area contributed by atoms with Crippen molar-refractivity contribution in [3.05, 3.63) is 247 Å². The Morgan fingerprint density at radius 3 is 1.11 bits per heavy atom. The van der Waals surface area contributed by atoms with E-state index in [2.05, 4.69) is 91.2 Å². The highest BCUT2D eigenvalue weighted by atomic mass is 19.4. The summed E-state index contributed by atoms with van der Waals surface area (Å²) < 4.78 is 89.8. The number of nitrogens with two attached hydrogens (primary N) is 3. The number of likely N-dealkylation sites (N-methyl/N-ethyl adjacent to an activating group) is 2. The highest BCUT2D eigenvalue weighted by Gasteiger charge is 2.36. The maximum absolute atomic E-state index is 14.0. The van der Waals surface area contributed by atoms with E-state index in [4.69, 9.17) is 17.2 Å². The Bertz CT molecular complexity index is 5850. The lowest BCUT2D eigenvalue weighted by atomic mass is 10.0. The molecule has 3 amide bonds. The lowest BCUT2D eigenvalue weighted by Gasteiger charge is -2.33. The summed E-state index contributed by atoms with van der Waals surface area (Å²) in [6.07, 6.45) is 0.735. The number of rotatable bonds is 12. The molecule has 0 saturated carbocycles. The van der Waals surface area contributed by atoms with Crippen LogP contribution in [0.5, 0.6) is 0 Å². The normalized spacial score (nSPS) is 13.5. The maximum Gasteiger partial charge on any atom is 0.416 e. The molecule has 0 aliphatic carbocycles. The van der Waals surface area contributed by atoms with Gasteiger partial charge < -0.3 is 56.7 Å². The second-order valence-electron chi connectivity index (χ2n) is 28.2. The van der Waals surface area contributed by atoms with Crippen molar-refractivity contribution < 1.29 is 40.7 Å². The summed E-state index contributed by atoms with van der Waals surface area (Å²) in [6, 6.07) is 31.1. The second-order valence-corrected chi connectivity index (χ2v) is 28.2. The molecule has 12 aromatic rings. The van der Waals surface area contributed by atoms with Gasteiger partial charge in [-0.15, -0.1) is 0 Å². The summed E-state index contributed by atoms with van der Waals surface area (Å²) in [5, 5.41) is 10.5. The Labute approximate surface area is 655 Å². The molecule has 28 heteroatoms. The molecule has 2 aliphatic heterocycles. The topological polar surface area (TPSA) is 270 Å². The lowest BCUT2D eigenvalue weighted by Crippen LogP contribution is -2.44. The Kier molecular flexibility index (Phi) is 24.6. The van der Waals surface area contributed by atoms with Gasteiger partial charge in [0.15, 0.2) is 0 Å². The number of piperazine rings is 2. The Morgan fingerprint density at radius 2 is 0.754 bits per heavy atom. The van der Waals surface area contributed by atoms with Crippen LogP contribution in [-0.4, -0.2) is 147 Å². The highest BCUT2D eigenvalue weighted by Crippen LogP contribution is 2.37. The summed E-state index contributed by atoms with van der Waals surface area (Å²) in [5.74, 6) is 18.6. The van der Waals surface area contributed by atoms with Crippen molar-refractivity contribution in [2.75, 3.05) is 99.6 Å². The minimum absolute atomic E-state index is 0.0690. The highest BCUT2D eigenvalue weighted by molar-refractivity contribution is 6.06. The standard InChI is InChI=1S/C31H32F3N7O.C30H30F3N7O.C25H23N5O/c1-4-41-18-24(27-28(35)36-19-37-29(27)41)9-6-21-15-25(10-5-20(21)2)38-30(42)22-7-8-23(26(16-22)31(32,33)34)17-40-13-11-39(3)12-14-40;1-19-4-9-24(14-20(19)5-8-23-16-39(3)28-26(23)27(34)35-18-36-28)37-29(41)21-6-7-22(25(15-21)30(31,32)33)17-40-12-10-38(2)11-13-40;1-4-30-14-20(22-23(26)27-15-28-24(22)30)10-9-18-13-21(11-8-17(18)3)29-25(31)19-7-5-6-16(2)12-19/h5,7-8,10,15-16,18-19H,4,11-14,17H2,1-3H3,(H,38,42)(H2,35,36,37);4,6-7,9,14-16,18H,10-13,17H2,1-3H3,(H,37,41)(H2,34,35,36);5-8,11-15H,4H2,1-3H3,(H,29,31)(H2,26,27,28). The van der Waals surface area contributed by atoms with Crippen LogP contribution >= 0.6 is 0 Å². The Balaban J connectivity index is 0.000000160.